The summed E-state index contributed by atoms with van der Waals surface area (Å²) in [5.41, 5.74) is 2.63. The summed E-state index contributed by atoms with van der Waals surface area (Å²) < 4.78 is 50.8. The Bertz CT molecular complexity index is 1130. The van der Waals surface area contributed by atoms with E-state index >= 15 is 0 Å². The van der Waals surface area contributed by atoms with Crippen LogP contribution in [0.1, 0.15) is 49.3 Å². The van der Waals surface area contributed by atoms with Crippen LogP contribution in [0.15, 0.2) is 42.5 Å². The van der Waals surface area contributed by atoms with Crippen molar-refractivity contribution in [2.24, 2.45) is 11.8 Å². The molecule has 0 spiro atoms. The number of aliphatic hydroxyl groups excluding tert-OH is 1. The lowest BCUT2D eigenvalue weighted by Gasteiger charge is -2.30. The topological polar surface area (TPSA) is 95.5 Å². The number of aliphatic hydroxyl groups is 1. The summed E-state index contributed by atoms with van der Waals surface area (Å²) in [6.45, 7) is 2.79. The highest BCUT2D eigenvalue weighted by molar-refractivity contribution is 7.90. The fraction of sp³-hybridized carbons (Fsp3) is 0.536. The number of sulfone groups is 1. The Hall–Kier alpha value is -2.36. The molecule has 0 heterocycles. The average molecular weight is 537 g/mol. The van der Waals surface area contributed by atoms with Crippen molar-refractivity contribution in [1.82, 2.24) is 10.6 Å². The SMILES string of the molecule is CCc1cccc(CNC[C@@H](O)[C@H](Cc2cc(F)cc(F)c2)NC(=O)[C@H]2CC[C@@H](CS(C)(=O)=O)CC2)c1. The normalized spacial score (nSPS) is 19.8. The van der Waals surface area contributed by atoms with Crippen LogP contribution >= 0.6 is 0 Å². The number of carbonyl (C=O) groups excluding carboxylic acids is 1. The first-order valence-electron chi connectivity index (χ1n) is 12.9. The van der Waals surface area contributed by atoms with Crippen LogP contribution in [0, 0.1) is 23.5 Å². The van der Waals surface area contributed by atoms with Crippen molar-refractivity contribution < 1.29 is 27.1 Å². The molecule has 0 unspecified atom stereocenters. The molecule has 1 amide bonds. The molecule has 2 atom stereocenters. The van der Waals surface area contributed by atoms with Gasteiger partial charge in [-0.1, -0.05) is 31.2 Å². The van der Waals surface area contributed by atoms with Crippen LogP contribution in [0.25, 0.3) is 0 Å². The molecule has 0 aromatic heterocycles. The van der Waals surface area contributed by atoms with Crippen LogP contribution in [0.4, 0.5) is 8.78 Å². The van der Waals surface area contributed by atoms with Gasteiger partial charge in [0.05, 0.1) is 17.9 Å². The minimum atomic E-state index is -3.07. The number of halogens is 2. The number of hydrogen-bond acceptors (Lipinski definition) is 5. The van der Waals surface area contributed by atoms with Crippen LogP contribution in [0.2, 0.25) is 0 Å². The lowest BCUT2D eigenvalue weighted by Crippen LogP contribution is -2.50. The average Bonchev–Trinajstić information content (AvgIpc) is 2.82. The van der Waals surface area contributed by atoms with Gasteiger partial charge in [-0.25, -0.2) is 17.2 Å². The van der Waals surface area contributed by atoms with Crippen molar-refractivity contribution in [3.8, 4) is 0 Å². The summed E-state index contributed by atoms with van der Waals surface area (Å²) in [6.07, 6.45) is 3.64. The van der Waals surface area contributed by atoms with Gasteiger partial charge in [-0.15, -0.1) is 0 Å². The fourth-order valence-electron chi connectivity index (χ4n) is 5.05. The van der Waals surface area contributed by atoms with Gasteiger partial charge in [0.2, 0.25) is 5.91 Å². The third-order valence-corrected chi connectivity index (χ3v) is 8.09. The van der Waals surface area contributed by atoms with Crippen molar-refractivity contribution in [2.45, 2.75) is 64.1 Å². The molecule has 0 radical (unpaired) electrons. The lowest BCUT2D eigenvalue weighted by atomic mass is 9.82. The first-order chi connectivity index (χ1) is 17.5. The van der Waals surface area contributed by atoms with Crippen molar-refractivity contribution in [2.75, 3.05) is 18.6 Å². The molecule has 3 rings (SSSR count). The van der Waals surface area contributed by atoms with Gasteiger partial charge in [0.1, 0.15) is 21.5 Å². The number of amides is 1. The van der Waals surface area contributed by atoms with Crippen molar-refractivity contribution in [3.63, 3.8) is 0 Å². The predicted octanol–water partition coefficient (Wildman–Crippen LogP) is 3.56. The maximum absolute atomic E-state index is 13.8. The molecule has 1 aliphatic carbocycles. The number of hydrogen-bond donors (Lipinski definition) is 3. The fourth-order valence-corrected chi connectivity index (χ4v) is 6.24. The monoisotopic (exact) mass is 536 g/mol. The third kappa shape index (κ3) is 9.79. The van der Waals surface area contributed by atoms with E-state index in [0.717, 1.165) is 18.1 Å². The van der Waals surface area contributed by atoms with E-state index in [1.807, 2.05) is 12.1 Å². The second kappa shape index (κ2) is 13.4. The Labute approximate surface area is 218 Å². The summed E-state index contributed by atoms with van der Waals surface area (Å²) >= 11 is 0. The summed E-state index contributed by atoms with van der Waals surface area (Å²) in [6, 6.07) is 10.6. The van der Waals surface area contributed by atoms with Gasteiger partial charge in [0.15, 0.2) is 0 Å². The van der Waals surface area contributed by atoms with Crippen LogP contribution in [-0.4, -0.2) is 50.1 Å². The van der Waals surface area contributed by atoms with Gasteiger partial charge in [-0.2, -0.15) is 0 Å². The number of rotatable bonds is 12. The standard InChI is InChI=1S/C28H38F2N2O4S/c1-3-19-5-4-6-21(11-19)16-31-17-27(33)26(14-22-12-24(29)15-25(30)13-22)32-28(34)23-9-7-20(8-10-23)18-37(2,35)36/h4-6,11-13,15,20,23,26-27,31,33H,3,7-10,14,16-18H2,1-2H3,(H,32,34)/t20-,23+,26-,27+/m0/s1. The third-order valence-electron chi connectivity index (χ3n) is 7.01. The number of carbonyl (C=O) groups is 1. The van der Waals surface area contributed by atoms with Crippen LogP contribution in [-0.2, 0) is 34.0 Å². The first-order valence-corrected chi connectivity index (χ1v) is 15.0. The highest BCUT2D eigenvalue weighted by Crippen LogP contribution is 2.30. The summed E-state index contributed by atoms with van der Waals surface area (Å²) in [7, 11) is -3.07. The quantitative estimate of drug-likeness (QED) is 0.386. The highest BCUT2D eigenvalue weighted by atomic mass is 32.2. The molecule has 1 saturated carbocycles. The Morgan fingerprint density at radius 2 is 1.68 bits per heavy atom. The summed E-state index contributed by atoms with van der Waals surface area (Å²) in [4.78, 5) is 13.1. The maximum atomic E-state index is 13.8. The Morgan fingerprint density at radius 1 is 1.03 bits per heavy atom. The first kappa shape index (κ1) is 29.2. The van der Waals surface area contributed by atoms with Gasteiger partial charge in [-0.3, -0.25) is 4.79 Å². The highest BCUT2D eigenvalue weighted by Gasteiger charge is 2.30. The molecule has 0 aliphatic heterocycles. The zero-order valence-electron chi connectivity index (χ0n) is 21.6. The molecule has 0 saturated heterocycles. The molecule has 9 heteroatoms. The molecule has 6 nitrogen and oxygen atoms in total. The van der Waals surface area contributed by atoms with Crippen LogP contribution in [0.5, 0.6) is 0 Å². The van der Waals surface area contributed by atoms with Crippen LogP contribution < -0.4 is 10.6 Å². The number of benzene rings is 2. The molecule has 3 N–H and O–H groups in total. The smallest absolute Gasteiger partial charge is 0.223 e. The molecule has 2 aromatic rings. The van der Waals surface area contributed by atoms with Gasteiger partial charge < -0.3 is 15.7 Å². The Morgan fingerprint density at radius 3 is 2.30 bits per heavy atom. The number of nitrogens with one attached hydrogen (secondary N) is 2. The van der Waals surface area contributed by atoms with Crippen molar-refractivity contribution >= 4 is 15.7 Å². The second-order valence-corrected chi connectivity index (χ2v) is 12.5. The van der Waals surface area contributed by atoms with E-state index in [9.17, 15) is 27.1 Å². The lowest BCUT2D eigenvalue weighted by molar-refractivity contribution is -0.127. The van der Waals surface area contributed by atoms with Gasteiger partial charge in [0.25, 0.3) is 0 Å². The molecular formula is C28H38F2N2O4S. The minimum absolute atomic E-state index is 0.0473. The summed E-state index contributed by atoms with van der Waals surface area (Å²) in [5.74, 6) is -1.78. The van der Waals surface area contributed by atoms with Gasteiger partial charge in [0, 0.05) is 31.3 Å². The second-order valence-electron chi connectivity index (χ2n) is 10.3. The van der Waals surface area contributed by atoms with E-state index in [-0.39, 0.29) is 36.5 Å². The summed E-state index contributed by atoms with van der Waals surface area (Å²) in [5, 5.41) is 17.1. The molecular weight excluding hydrogens is 498 g/mol. The molecule has 2 aromatic carbocycles. The molecule has 1 aliphatic rings. The molecule has 0 bridgehead atoms. The van der Waals surface area contributed by atoms with Crippen molar-refractivity contribution in [3.05, 3.63) is 70.8 Å². The molecule has 37 heavy (non-hydrogen) atoms. The molecule has 204 valence electrons. The van der Waals surface area contributed by atoms with Gasteiger partial charge >= 0.3 is 0 Å². The zero-order valence-corrected chi connectivity index (χ0v) is 22.4. The minimum Gasteiger partial charge on any atom is -0.390 e. The Balaban J connectivity index is 1.63. The van der Waals surface area contributed by atoms with E-state index in [1.165, 1.54) is 24.0 Å². The van der Waals surface area contributed by atoms with E-state index in [4.69, 9.17) is 0 Å². The van der Waals surface area contributed by atoms with E-state index in [0.29, 0.717) is 37.8 Å². The Kier molecular flexibility index (Phi) is 10.6. The number of aryl methyl sites for hydroxylation is 1. The largest absolute Gasteiger partial charge is 0.390 e. The van der Waals surface area contributed by atoms with Crippen molar-refractivity contribution in [1.29, 1.82) is 0 Å². The molecule has 1 fully saturated rings. The zero-order chi connectivity index (χ0) is 27.0. The van der Waals surface area contributed by atoms with E-state index in [1.54, 1.807) is 0 Å². The maximum Gasteiger partial charge on any atom is 0.223 e. The van der Waals surface area contributed by atoms with Gasteiger partial charge in [-0.05, 0) is 73.3 Å². The predicted molar refractivity (Wildman–Crippen MR) is 141 cm³/mol. The van der Waals surface area contributed by atoms with E-state index in [2.05, 4.69) is 29.7 Å². The van der Waals surface area contributed by atoms with E-state index < -0.39 is 33.6 Å². The van der Waals surface area contributed by atoms with Crippen LogP contribution in [0.3, 0.4) is 0 Å².